The molecule has 100 valence electrons. The summed E-state index contributed by atoms with van der Waals surface area (Å²) < 4.78 is 6.07. The molecule has 0 amide bonds. The molecule has 1 aromatic heterocycles. The Kier molecular flexibility index (Phi) is 3.35. The van der Waals surface area contributed by atoms with E-state index in [2.05, 4.69) is 10.2 Å². The maximum Gasteiger partial charge on any atom is 0.181 e. The van der Waals surface area contributed by atoms with E-state index < -0.39 is 0 Å². The van der Waals surface area contributed by atoms with Gasteiger partial charge < -0.3 is 9.84 Å². The summed E-state index contributed by atoms with van der Waals surface area (Å²) in [5.74, 6) is 0.955. The fourth-order valence-corrected chi connectivity index (χ4v) is 2.76. The maximum atomic E-state index is 10.1. The van der Waals surface area contributed by atoms with Crippen molar-refractivity contribution in [3.8, 4) is 11.5 Å². The van der Waals surface area contributed by atoms with E-state index in [-0.39, 0.29) is 5.75 Å². The molecule has 0 saturated heterocycles. The average molecular weight is 284 g/mol. The van der Waals surface area contributed by atoms with Gasteiger partial charge in [0, 0.05) is 10.1 Å². The Balaban J connectivity index is 1.91. The van der Waals surface area contributed by atoms with Crippen LogP contribution in [0.4, 0.5) is 10.7 Å². The Bertz CT molecular complexity index is 763. The number of thiophene rings is 1. The zero-order valence-electron chi connectivity index (χ0n) is 10.8. The highest BCUT2D eigenvalue weighted by molar-refractivity contribution is 7.23. The molecule has 2 aromatic carbocycles. The van der Waals surface area contributed by atoms with Crippen LogP contribution in [0.3, 0.4) is 0 Å². The summed E-state index contributed by atoms with van der Waals surface area (Å²) in [6.07, 6.45) is 0. The summed E-state index contributed by atoms with van der Waals surface area (Å²) in [6.45, 7) is 0. The first kappa shape index (κ1) is 12.6. The van der Waals surface area contributed by atoms with E-state index in [1.807, 2.05) is 48.5 Å². The standard InChI is InChI=1S/C15H12N2O2S/c1-19-11-8-6-10(7-9-11)16-17-15-14(18)12-4-2-3-5-13(12)20-15/h2-9,18H,1H3. The highest BCUT2D eigenvalue weighted by Gasteiger charge is 2.09. The van der Waals surface area contributed by atoms with Crippen LogP contribution >= 0.6 is 11.3 Å². The van der Waals surface area contributed by atoms with Crippen LogP contribution in [0.2, 0.25) is 0 Å². The van der Waals surface area contributed by atoms with Gasteiger partial charge in [0.1, 0.15) is 5.75 Å². The Morgan fingerprint density at radius 3 is 2.45 bits per heavy atom. The van der Waals surface area contributed by atoms with Crippen LogP contribution in [0, 0.1) is 0 Å². The smallest absolute Gasteiger partial charge is 0.181 e. The Morgan fingerprint density at radius 2 is 1.75 bits per heavy atom. The first-order valence-electron chi connectivity index (χ1n) is 6.04. The molecule has 5 heteroatoms. The minimum absolute atomic E-state index is 0.183. The summed E-state index contributed by atoms with van der Waals surface area (Å²) in [7, 11) is 1.62. The monoisotopic (exact) mass is 284 g/mol. The van der Waals surface area contributed by atoms with E-state index in [9.17, 15) is 5.11 Å². The summed E-state index contributed by atoms with van der Waals surface area (Å²) in [4.78, 5) is 0. The van der Waals surface area contributed by atoms with Gasteiger partial charge in [0.15, 0.2) is 10.8 Å². The Labute approximate surface area is 120 Å². The fraction of sp³-hybridized carbons (Fsp3) is 0.0667. The molecular weight excluding hydrogens is 272 g/mol. The fourth-order valence-electron chi connectivity index (χ4n) is 1.84. The lowest BCUT2D eigenvalue weighted by Gasteiger charge is -1.97. The summed E-state index contributed by atoms with van der Waals surface area (Å²) >= 11 is 1.42. The molecule has 0 radical (unpaired) electrons. The van der Waals surface area contributed by atoms with Crippen LogP contribution < -0.4 is 4.74 Å². The van der Waals surface area contributed by atoms with Crippen molar-refractivity contribution in [3.05, 3.63) is 48.5 Å². The largest absolute Gasteiger partial charge is 0.504 e. The summed E-state index contributed by atoms with van der Waals surface area (Å²) in [6, 6.07) is 14.9. The van der Waals surface area contributed by atoms with Crippen molar-refractivity contribution in [1.82, 2.24) is 0 Å². The molecule has 0 aliphatic rings. The predicted octanol–water partition coefficient (Wildman–Crippen LogP) is 5.03. The predicted molar refractivity (Wildman–Crippen MR) is 80.7 cm³/mol. The molecule has 0 aliphatic carbocycles. The van der Waals surface area contributed by atoms with E-state index in [0.717, 1.165) is 15.8 Å². The first-order chi connectivity index (χ1) is 9.78. The van der Waals surface area contributed by atoms with E-state index in [1.165, 1.54) is 11.3 Å². The van der Waals surface area contributed by atoms with Gasteiger partial charge >= 0.3 is 0 Å². The van der Waals surface area contributed by atoms with E-state index >= 15 is 0 Å². The molecule has 0 unspecified atom stereocenters. The average Bonchev–Trinajstić information content (AvgIpc) is 2.83. The molecule has 0 fully saturated rings. The van der Waals surface area contributed by atoms with E-state index in [0.29, 0.717) is 10.7 Å². The van der Waals surface area contributed by atoms with Crippen LogP contribution in [0.1, 0.15) is 0 Å². The number of aromatic hydroxyl groups is 1. The number of methoxy groups -OCH3 is 1. The van der Waals surface area contributed by atoms with E-state index in [4.69, 9.17) is 4.74 Å². The number of nitrogens with zero attached hydrogens (tertiary/aromatic N) is 2. The van der Waals surface area contributed by atoms with Crippen LogP contribution in [0.15, 0.2) is 58.8 Å². The normalized spacial score (nSPS) is 11.2. The number of rotatable bonds is 3. The number of ether oxygens (including phenoxy) is 1. The molecule has 4 nitrogen and oxygen atoms in total. The topological polar surface area (TPSA) is 54.2 Å². The van der Waals surface area contributed by atoms with Gasteiger partial charge in [-0.25, -0.2) is 0 Å². The molecule has 1 N–H and O–H groups in total. The van der Waals surface area contributed by atoms with Gasteiger partial charge in [-0.2, -0.15) is 0 Å². The zero-order chi connectivity index (χ0) is 13.9. The molecule has 1 heterocycles. The number of azo groups is 1. The zero-order valence-corrected chi connectivity index (χ0v) is 11.6. The van der Waals surface area contributed by atoms with E-state index in [1.54, 1.807) is 7.11 Å². The van der Waals surface area contributed by atoms with Crippen molar-refractivity contribution in [2.45, 2.75) is 0 Å². The van der Waals surface area contributed by atoms with Gasteiger partial charge in [0.2, 0.25) is 0 Å². The van der Waals surface area contributed by atoms with Crippen molar-refractivity contribution >= 4 is 32.1 Å². The van der Waals surface area contributed by atoms with Gasteiger partial charge in [0.05, 0.1) is 12.8 Å². The Hall–Kier alpha value is -2.40. The van der Waals surface area contributed by atoms with Gasteiger partial charge in [-0.05, 0) is 36.4 Å². The summed E-state index contributed by atoms with van der Waals surface area (Å²) in [5.41, 5.74) is 0.711. The molecule has 3 rings (SSSR count). The second-order valence-electron chi connectivity index (χ2n) is 4.15. The third-order valence-electron chi connectivity index (χ3n) is 2.88. The number of fused-ring (bicyclic) bond motifs is 1. The van der Waals surface area contributed by atoms with Crippen molar-refractivity contribution in [2.75, 3.05) is 7.11 Å². The lowest BCUT2D eigenvalue weighted by molar-refractivity contribution is 0.415. The van der Waals surface area contributed by atoms with Crippen LogP contribution in [-0.2, 0) is 0 Å². The molecule has 3 aromatic rings. The lowest BCUT2D eigenvalue weighted by Crippen LogP contribution is -1.79. The SMILES string of the molecule is COc1ccc(N=Nc2sc3ccccc3c2O)cc1. The van der Waals surface area contributed by atoms with Crippen LogP contribution in [0.5, 0.6) is 11.5 Å². The number of hydrogen-bond acceptors (Lipinski definition) is 5. The van der Waals surface area contributed by atoms with Crippen molar-refractivity contribution in [2.24, 2.45) is 10.2 Å². The third-order valence-corrected chi connectivity index (χ3v) is 3.92. The lowest BCUT2D eigenvalue weighted by atomic mass is 10.2. The molecule has 0 saturated carbocycles. The number of benzene rings is 2. The second-order valence-corrected chi connectivity index (χ2v) is 5.18. The second kappa shape index (κ2) is 5.30. The Morgan fingerprint density at radius 1 is 1.00 bits per heavy atom. The van der Waals surface area contributed by atoms with Gasteiger partial charge in [-0.1, -0.05) is 12.1 Å². The van der Waals surface area contributed by atoms with Crippen LogP contribution in [0.25, 0.3) is 10.1 Å². The first-order valence-corrected chi connectivity index (χ1v) is 6.86. The third kappa shape index (κ3) is 2.35. The minimum atomic E-state index is 0.183. The molecule has 0 aliphatic heterocycles. The highest BCUT2D eigenvalue weighted by Crippen LogP contribution is 2.43. The molecule has 20 heavy (non-hydrogen) atoms. The minimum Gasteiger partial charge on any atom is -0.504 e. The molecule has 0 spiro atoms. The summed E-state index contributed by atoms with van der Waals surface area (Å²) in [5, 5.41) is 19.7. The highest BCUT2D eigenvalue weighted by atomic mass is 32.1. The van der Waals surface area contributed by atoms with Crippen LogP contribution in [-0.4, -0.2) is 12.2 Å². The molecule has 0 bridgehead atoms. The van der Waals surface area contributed by atoms with Crippen molar-refractivity contribution in [1.29, 1.82) is 0 Å². The van der Waals surface area contributed by atoms with Gasteiger partial charge in [-0.15, -0.1) is 21.6 Å². The maximum absolute atomic E-state index is 10.1. The van der Waals surface area contributed by atoms with Crippen molar-refractivity contribution < 1.29 is 9.84 Å². The molecular formula is C15H12N2O2S. The van der Waals surface area contributed by atoms with Gasteiger partial charge in [0.25, 0.3) is 0 Å². The molecule has 0 atom stereocenters. The quantitative estimate of drug-likeness (QED) is 0.686. The van der Waals surface area contributed by atoms with Crippen molar-refractivity contribution in [3.63, 3.8) is 0 Å². The van der Waals surface area contributed by atoms with Gasteiger partial charge in [-0.3, -0.25) is 0 Å². The number of hydrogen-bond donors (Lipinski definition) is 1.